The maximum absolute atomic E-state index is 13.2. The van der Waals surface area contributed by atoms with E-state index >= 15 is 0 Å². The first-order valence-corrected chi connectivity index (χ1v) is 8.95. The van der Waals surface area contributed by atoms with Gasteiger partial charge in [-0.2, -0.15) is 34.8 Å². The molecule has 13 heteroatoms. The van der Waals surface area contributed by atoms with E-state index in [-0.39, 0.29) is 11.5 Å². The summed E-state index contributed by atoms with van der Waals surface area (Å²) in [5.41, 5.74) is -5.97. The molecule has 0 spiro atoms. The van der Waals surface area contributed by atoms with Crippen molar-refractivity contribution in [3.05, 3.63) is 54.3 Å². The van der Waals surface area contributed by atoms with E-state index in [2.05, 4.69) is 17.9 Å². The summed E-state index contributed by atoms with van der Waals surface area (Å²) in [6.07, 6.45) is -12.8. The van der Waals surface area contributed by atoms with Crippen molar-refractivity contribution < 1.29 is 53.6 Å². The summed E-state index contributed by atoms with van der Waals surface area (Å²) in [5.74, 6) is -5.31. The van der Waals surface area contributed by atoms with Crippen LogP contribution in [0.15, 0.2) is 48.8 Å². The third kappa shape index (κ3) is 5.97. The molecule has 1 N–H and O–H groups in total. The van der Waals surface area contributed by atoms with Gasteiger partial charge in [-0.15, -0.1) is 0 Å². The molecule has 6 nitrogen and oxygen atoms in total. The van der Waals surface area contributed by atoms with Gasteiger partial charge in [-0.05, 0) is 30.7 Å². The Morgan fingerprint density at radius 3 is 2.03 bits per heavy atom. The smallest absolute Gasteiger partial charge is 0.438 e. The van der Waals surface area contributed by atoms with E-state index < -0.39 is 45.4 Å². The molecule has 29 heavy (non-hydrogen) atoms. The number of carbonyl (C=O) groups is 1. The number of hydrogen-bond acceptors (Lipinski definition) is 5. The van der Waals surface area contributed by atoms with Gasteiger partial charge in [0.15, 0.2) is 0 Å². The molecule has 1 rings (SSSR count). The predicted molar refractivity (Wildman–Crippen MR) is 87.7 cm³/mol. The van der Waals surface area contributed by atoms with Crippen LogP contribution in [0.3, 0.4) is 0 Å². The lowest BCUT2D eigenvalue weighted by atomic mass is 10.1. The molecule has 0 saturated heterocycles. The number of ether oxygens (including phenoxy) is 2. The van der Waals surface area contributed by atoms with Gasteiger partial charge in [-0.25, -0.2) is 4.79 Å². The second kappa shape index (κ2) is 8.06. The molecule has 1 aromatic carbocycles. The molecule has 0 radical (unpaired) electrons. The van der Waals surface area contributed by atoms with Crippen molar-refractivity contribution in [1.29, 1.82) is 0 Å². The van der Waals surface area contributed by atoms with E-state index in [0.717, 1.165) is 18.2 Å². The quantitative estimate of drug-likeness (QED) is 0.223. The lowest BCUT2D eigenvalue weighted by Gasteiger charge is -2.35. The largest absolute Gasteiger partial charge is 0.458 e. The summed E-state index contributed by atoms with van der Waals surface area (Å²) in [6.45, 7) is 8.45. The number of benzene rings is 1. The van der Waals surface area contributed by atoms with Crippen LogP contribution in [0.1, 0.15) is 17.3 Å². The molecule has 0 atom stereocenters. The summed E-state index contributed by atoms with van der Waals surface area (Å²) in [7, 11) is -5.87. The second-order valence-corrected chi connectivity index (χ2v) is 7.22. The van der Waals surface area contributed by atoms with Gasteiger partial charge in [0.05, 0.1) is 5.56 Å². The molecule has 0 bridgehead atoms. The number of hydrogen-bond donors (Lipinski definition) is 1. The van der Waals surface area contributed by atoms with E-state index in [0.29, 0.717) is 5.57 Å². The van der Waals surface area contributed by atoms with Crippen LogP contribution in [0, 0.1) is 0 Å². The topological polar surface area (TPSA) is 89.9 Å². The predicted octanol–water partition coefficient (Wildman–Crippen LogP) is 4.06. The average Bonchev–Trinajstić information content (AvgIpc) is 2.50. The van der Waals surface area contributed by atoms with Gasteiger partial charge in [-0.1, -0.05) is 19.2 Å². The third-order valence-electron chi connectivity index (χ3n) is 3.36. The Kier molecular flexibility index (Phi) is 6.81. The van der Waals surface area contributed by atoms with Crippen LogP contribution >= 0.6 is 0 Å². The highest BCUT2D eigenvalue weighted by Gasteiger charge is 2.76. The average molecular weight is 448 g/mol. The molecule has 0 aromatic heterocycles. The number of rotatable bonds is 7. The Labute approximate surface area is 161 Å². The minimum Gasteiger partial charge on any atom is -0.458 e. The Bertz CT molecular complexity index is 903. The van der Waals surface area contributed by atoms with Crippen molar-refractivity contribution in [3.63, 3.8) is 0 Å². The maximum Gasteiger partial charge on any atom is 0.438 e. The van der Waals surface area contributed by atoms with E-state index in [4.69, 9.17) is 9.29 Å². The monoisotopic (exact) mass is 448 g/mol. The SMILES string of the molecule is C=C(C)C(=C)Oc1cccc(C(=O)OC(CS(=O)(=O)O)(C(F)(F)F)C(F)(F)F)c1. The number of halogens is 6. The number of carbonyl (C=O) groups excluding carboxylic acids is 1. The van der Waals surface area contributed by atoms with Crippen LogP contribution in [-0.2, 0) is 14.9 Å². The summed E-state index contributed by atoms with van der Waals surface area (Å²) in [6, 6.07) is 3.83. The Morgan fingerprint density at radius 2 is 1.62 bits per heavy atom. The van der Waals surface area contributed by atoms with E-state index in [1.165, 1.54) is 13.0 Å². The van der Waals surface area contributed by atoms with Gasteiger partial charge in [0.25, 0.3) is 10.1 Å². The first-order valence-electron chi connectivity index (χ1n) is 7.34. The standard InChI is InChI=1S/C16H14F6O6S/c1-9(2)10(3)27-12-6-4-5-11(7-12)13(23)28-14(15(17,18)19,16(20,21)22)8-29(24,25)26/h4-7H,1,3,8H2,2H3,(H,24,25,26). The molecule has 162 valence electrons. The zero-order chi connectivity index (χ0) is 22.8. The molecule has 0 saturated carbocycles. The maximum atomic E-state index is 13.2. The molecule has 0 aliphatic heterocycles. The van der Waals surface area contributed by atoms with Crippen molar-refractivity contribution in [2.45, 2.75) is 24.9 Å². The summed E-state index contributed by atoms with van der Waals surface area (Å²) in [4.78, 5) is 12.0. The third-order valence-corrected chi connectivity index (χ3v) is 4.13. The molecular weight excluding hydrogens is 434 g/mol. The lowest BCUT2D eigenvalue weighted by molar-refractivity contribution is -0.356. The molecule has 0 heterocycles. The zero-order valence-corrected chi connectivity index (χ0v) is 15.4. The highest BCUT2D eigenvalue weighted by atomic mass is 32.2. The molecule has 0 amide bonds. The summed E-state index contributed by atoms with van der Waals surface area (Å²) in [5, 5.41) is 0. The Balaban J connectivity index is 3.39. The summed E-state index contributed by atoms with van der Waals surface area (Å²) < 4.78 is 118. The second-order valence-electron chi connectivity index (χ2n) is 5.77. The van der Waals surface area contributed by atoms with Crippen LogP contribution < -0.4 is 4.74 Å². The van der Waals surface area contributed by atoms with Gasteiger partial charge in [0.2, 0.25) is 0 Å². The van der Waals surface area contributed by atoms with Crippen LogP contribution in [0.4, 0.5) is 26.3 Å². The van der Waals surface area contributed by atoms with Crippen LogP contribution in [0.5, 0.6) is 5.75 Å². The lowest BCUT2D eigenvalue weighted by Crippen LogP contribution is -2.63. The van der Waals surface area contributed by atoms with Gasteiger partial charge >= 0.3 is 23.9 Å². The van der Waals surface area contributed by atoms with Crippen molar-refractivity contribution in [2.24, 2.45) is 0 Å². The highest BCUT2D eigenvalue weighted by Crippen LogP contribution is 2.47. The fourth-order valence-corrected chi connectivity index (χ4v) is 2.76. The van der Waals surface area contributed by atoms with Crippen molar-refractivity contribution in [1.82, 2.24) is 0 Å². The number of allylic oxidation sites excluding steroid dienone is 1. The van der Waals surface area contributed by atoms with E-state index in [1.54, 1.807) is 0 Å². The molecule has 0 unspecified atom stereocenters. The molecular formula is C16H14F6O6S. The first-order chi connectivity index (χ1) is 12.9. The van der Waals surface area contributed by atoms with E-state index in [1.807, 2.05) is 0 Å². The Morgan fingerprint density at radius 1 is 1.10 bits per heavy atom. The van der Waals surface area contributed by atoms with Gasteiger partial charge < -0.3 is 9.47 Å². The fraction of sp³-hybridized carbons (Fsp3) is 0.312. The van der Waals surface area contributed by atoms with E-state index in [9.17, 15) is 39.6 Å². The van der Waals surface area contributed by atoms with Crippen molar-refractivity contribution in [3.8, 4) is 5.75 Å². The summed E-state index contributed by atoms with van der Waals surface area (Å²) >= 11 is 0. The molecule has 0 aliphatic carbocycles. The molecule has 0 fully saturated rings. The van der Waals surface area contributed by atoms with Gasteiger partial charge in [-0.3, -0.25) is 4.55 Å². The molecule has 1 aromatic rings. The minimum atomic E-state index is -6.42. The fourth-order valence-electron chi connectivity index (χ4n) is 1.86. The van der Waals surface area contributed by atoms with Crippen molar-refractivity contribution >= 4 is 16.1 Å². The number of alkyl halides is 6. The highest BCUT2D eigenvalue weighted by molar-refractivity contribution is 7.85. The van der Waals surface area contributed by atoms with Crippen molar-refractivity contribution in [2.75, 3.05) is 5.75 Å². The van der Waals surface area contributed by atoms with Gasteiger partial charge in [0, 0.05) is 0 Å². The van der Waals surface area contributed by atoms with Crippen LogP contribution in [0.25, 0.3) is 0 Å². The normalized spacial score (nSPS) is 13.0. The first kappa shape index (κ1) is 24.5. The Hall–Kier alpha value is -2.54. The van der Waals surface area contributed by atoms with Gasteiger partial charge in [0.1, 0.15) is 17.3 Å². The zero-order valence-electron chi connectivity index (χ0n) is 14.6. The number of esters is 1. The van der Waals surface area contributed by atoms with Crippen LogP contribution in [-0.4, -0.2) is 42.6 Å². The minimum absolute atomic E-state index is 0.00169. The van der Waals surface area contributed by atoms with Crippen LogP contribution in [0.2, 0.25) is 0 Å². The molecule has 0 aliphatic rings.